The van der Waals surface area contributed by atoms with Gasteiger partial charge in [-0.05, 0) is 19.8 Å². The molecule has 0 saturated carbocycles. The molecule has 7 nitrogen and oxygen atoms in total. The van der Waals surface area contributed by atoms with Crippen LogP contribution in [-0.4, -0.2) is 29.8 Å². The molecule has 0 unspecified atom stereocenters. The van der Waals surface area contributed by atoms with Crippen LogP contribution in [0.15, 0.2) is 11.2 Å². The van der Waals surface area contributed by atoms with Crippen molar-refractivity contribution >= 4 is 15.9 Å². The molecule has 0 aliphatic carbocycles. The first-order chi connectivity index (χ1) is 8.27. The molecule has 0 aromatic carbocycles. The zero-order valence-corrected chi connectivity index (χ0v) is 11.6. The highest BCUT2D eigenvalue weighted by Gasteiger charge is 2.35. The maximum Gasteiger partial charge on any atom is 0.258 e. The number of hydrogen-bond acceptors (Lipinski definition) is 4. The number of rotatable bonds is 6. The van der Waals surface area contributed by atoms with Crippen molar-refractivity contribution in [1.82, 2.24) is 14.7 Å². The molecule has 1 rings (SSSR count). The van der Waals surface area contributed by atoms with E-state index in [2.05, 4.69) is 14.7 Å². The predicted molar refractivity (Wildman–Crippen MR) is 68.9 cm³/mol. The molecular weight excluding hydrogens is 254 g/mol. The highest BCUT2D eigenvalue weighted by Crippen LogP contribution is 2.18. The lowest BCUT2D eigenvalue weighted by molar-refractivity contribution is 0.457. The summed E-state index contributed by atoms with van der Waals surface area (Å²) in [5, 5.41) is 7.55. The number of nitrogens with zero attached hydrogens (tertiary/aromatic N) is 1. The summed E-state index contributed by atoms with van der Waals surface area (Å²) < 4.78 is 26.8. The van der Waals surface area contributed by atoms with Crippen LogP contribution in [0.5, 0.6) is 0 Å². The fourth-order valence-corrected chi connectivity index (χ4v) is 3.17. The van der Waals surface area contributed by atoms with Crippen molar-refractivity contribution in [2.45, 2.75) is 44.2 Å². The molecule has 0 atom stereocenters. The number of nitrogens with two attached hydrogens (primary N) is 1. The molecule has 0 aliphatic rings. The largest absolute Gasteiger partial charge is 0.386 e. The molecule has 18 heavy (non-hydrogen) atoms. The van der Waals surface area contributed by atoms with E-state index in [4.69, 9.17) is 11.1 Å². The van der Waals surface area contributed by atoms with Crippen molar-refractivity contribution in [3.8, 4) is 0 Å². The summed E-state index contributed by atoms with van der Waals surface area (Å²) >= 11 is 0. The third-order valence-corrected chi connectivity index (χ3v) is 4.47. The van der Waals surface area contributed by atoms with E-state index >= 15 is 0 Å². The van der Waals surface area contributed by atoms with Gasteiger partial charge < -0.3 is 10.7 Å². The van der Waals surface area contributed by atoms with Crippen LogP contribution in [-0.2, 0) is 10.0 Å². The van der Waals surface area contributed by atoms with Crippen LogP contribution in [0.25, 0.3) is 0 Å². The minimum Gasteiger partial charge on any atom is -0.386 e. The second-order valence-corrected chi connectivity index (χ2v) is 5.79. The Morgan fingerprint density at radius 3 is 2.44 bits per heavy atom. The molecule has 0 spiro atoms. The van der Waals surface area contributed by atoms with Gasteiger partial charge in [-0.25, -0.2) is 13.4 Å². The topological polar surface area (TPSA) is 125 Å². The molecule has 0 saturated heterocycles. The number of sulfonamides is 1. The zero-order valence-electron chi connectivity index (χ0n) is 10.7. The Morgan fingerprint density at radius 1 is 1.56 bits per heavy atom. The van der Waals surface area contributed by atoms with E-state index in [0.717, 1.165) is 0 Å². The highest BCUT2D eigenvalue weighted by molar-refractivity contribution is 7.89. The fraction of sp³-hybridized carbons (Fsp3) is 0.600. The van der Waals surface area contributed by atoms with Crippen LogP contribution < -0.4 is 10.5 Å². The molecule has 1 aromatic rings. The molecule has 102 valence electrons. The van der Waals surface area contributed by atoms with E-state index < -0.39 is 15.6 Å². The molecule has 0 fully saturated rings. The zero-order chi connectivity index (χ0) is 14.0. The summed E-state index contributed by atoms with van der Waals surface area (Å²) in [5.41, 5.74) is 4.47. The minimum atomic E-state index is -3.76. The van der Waals surface area contributed by atoms with Crippen LogP contribution in [0.3, 0.4) is 0 Å². The van der Waals surface area contributed by atoms with Gasteiger partial charge in [-0.3, -0.25) is 5.41 Å². The summed E-state index contributed by atoms with van der Waals surface area (Å²) in [6, 6.07) is 0. The number of H-pyrrole nitrogens is 1. The van der Waals surface area contributed by atoms with Gasteiger partial charge in [0.25, 0.3) is 10.0 Å². The summed E-state index contributed by atoms with van der Waals surface area (Å²) in [6.07, 6.45) is 2.06. The minimum absolute atomic E-state index is 0.0208. The first-order valence-corrected chi connectivity index (χ1v) is 7.16. The number of aromatic amines is 1. The Kier molecular flexibility index (Phi) is 4.12. The van der Waals surface area contributed by atoms with E-state index in [0.29, 0.717) is 18.7 Å². The number of amidine groups is 1. The summed E-state index contributed by atoms with van der Waals surface area (Å²) in [4.78, 5) is 6.50. The molecule has 0 radical (unpaired) electrons. The van der Waals surface area contributed by atoms with Crippen molar-refractivity contribution in [3.63, 3.8) is 0 Å². The first-order valence-electron chi connectivity index (χ1n) is 5.67. The fourth-order valence-electron chi connectivity index (χ4n) is 1.68. The maximum atomic E-state index is 12.1. The Hall–Kier alpha value is -1.41. The van der Waals surface area contributed by atoms with Gasteiger partial charge in [0.15, 0.2) is 5.03 Å². The van der Waals surface area contributed by atoms with E-state index in [1.807, 2.05) is 0 Å². The first kappa shape index (κ1) is 14.7. The Morgan fingerprint density at radius 2 is 2.11 bits per heavy atom. The smallest absolute Gasteiger partial charge is 0.258 e. The van der Waals surface area contributed by atoms with Crippen LogP contribution in [0.4, 0.5) is 0 Å². The molecule has 5 N–H and O–H groups in total. The van der Waals surface area contributed by atoms with Crippen LogP contribution in [0.1, 0.15) is 32.5 Å². The lowest BCUT2D eigenvalue weighted by Crippen LogP contribution is -2.56. The Labute approximate surface area is 107 Å². The molecule has 0 amide bonds. The molecular formula is C10H19N5O2S. The highest BCUT2D eigenvalue weighted by atomic mass is 32.2. The number of imidazole rings is 1. The summed E-state index contributed by atoms with van der Waals surface area (Å²) in [5.74, 6) is 0.323. The average Bonchev–Trinajstić information content (AvgIpc) is 2.73. The number of aromatic nitrogens is 2. The lowest BCUT2D eigenvalue weighted by Gasteiger charge is -2.30. The standard InChI is InChI=1S/C10H19N5O2S/c1-4-10(5-2,9(11)12)15-18(16,17)8-6-13-7(3)14-8/h6,15H,4-5H2,1-3H3,(H3,11,12)(H,13,14). The van der Waals surface area contributed by atoms with Gasteiger partial charge in [-0.15, -0.1) is 0 Å². The molecule has 0 bridgehead atoms. The summed E-state index contributed by atoms with van der Waals surface area (Å²) in [7, 11) is -3.76. The van der Waals surface area contributed by atoms with E-state index in [-0.39, 0.29) is 10.9 Å². The van der Waals surface area contributed by atoms with Crippen molar-refractivity contribution < 1.29 is 8.42 Å². The van der Waals surface area contributed by atoms with E-state index in [9.17, 15) is 8.42 Å². The second kappa shape index (κ2) is 5.07. The van der Waals surface area contributed by atoms with E-state index in [1.54, 1.807) is 20.8 Å². The van der Waals surface area contributed by atoms with Crippen LogP contribution >= 0.6 is 0 Å². The Balaban J connectivity index is 3.11. The van der Waals surface area contributed by atoms with Gasteiger partial charge >= 0.3 is 0 Å². The lowest BCUT2D eigenvalue weighted by atomic mass is 9.93. The Bertz CT molecular complexity index is 530. The number of nitrogens with one attached hydrogen (secondary N) is 3. The monoisotopic (exact) mass is 273 g/mol. The predicted octanol–water partition coefficient (Wildman–Crippen LogP) is 0.491. The number of hydrogen-bond donors (Lipinski definition) is 4. The third-order valence-electron chi connectivity index (χ3n) is 3.02. The average molecular weight is 273 g/mol. The molecule has 1 aromatic heterocycles. The van der Waals surface area contributed by atoms with Crippen molar-refractivity contribution in [2.75, 3.05) is 0 Å². The van der Waals surface area contributed by atoms with Crippen LogP contribution in [0, 0.1) is 12.3 Å². The van der Waals surface area contributed by atoms with Gasteiger partial charge in [-0.1, -0.05) is 13.8 Å². The molecule has 0 aliphatic heterocycles. The second-order valence-electron chi connectivity index (χ2n) is 4.14. The van der Waals surface area contributed by atoms with Gasteiger partial charge in [-0.2, -0.15) is 4.72 Å². The molecule has 8 heteroatoms. The quantitative estimate of drug-likeness (QED) is 0.444. The van der Waals surface area contributed by atoms with E-state index in [1.165, 1.54) is 6.20 Å². The van der Waals surface area contributed by atoms with Gasteiger partial charge in [0.2, 0.25) is 0 Å². The van der Waals surface area contributed by atoms with Crippen molar-refractivity contribution in [3.05, 3.63) is 12.0 Å². The summed E-state index contributed by atoms with van der Waals surface area (Å²) in [6.45, 7) is 5.23. The molecule has 1 heterocycles. The number of aryl methyl sites for hydroxylation is 1. The van der Waals surface area contributed by atoms with Gasteiger partial charge in [0.1, 0.15) is 11.7 Å². The normalized spacial score (nSPS) is 12.6. The third kappa shape index (κ3) is 2.70. The van der Waals surface area contributed by atoms with Gasteiger partial charge in [0.05, 0.1) is 11.7 Å². The maximum absolute atomic E-state index is 12.1. The van der Waals surface area contributed by atoms with Gasteiger partial charge in [0, 0.05) is 0 Å². The van der Waals surface area contributed by atoms with Crippen molar-refractivity contribution in [1.29, 1.82) is 5.41 Å². The van der Waals surface area contributed by atoms with Crippen molar-refractivity contribution in [2.24, 2.45) is 5.73 Å². The SMILES string of the molecule is CCC(CC)(NS(=O)(=O)c1cnc(C)[nH]1)C(=N)N. The van der Waals surface area contributed by atoms with Crippen LogP contribution in [0.2, 0.25) is 0 Å².